The van der Waals surface area contributed by atoms with Crippen molar-refractivity contribution in [2.75, 3.05) is 37.0 Å². The van der Waals surface area contributed by atoms with Crippen LogP contribution >= 0.6 is 0 Å². The van der Waals surface area contributed by atoms with E-state index in [1.807, 2.05) is 43.1 Å². The highest BCUT2D eigenvalue weighted by Crippen LogP contribution is 2.18. The number of amides is 1. The summed E-state index contributed by atoms with van der Waals surface area (Å²) in [5.41, 5.74) is 2.29. The Morgan fingerprint density at radius 2 is 1.78 bits per heavy atom. The fourth-order valence-corrected chi connectivity index (χ4v) is 2.15. The molecule has 0 unspecified atom stereocenters. The lowest BCUT2D eigenvalue weighted by molar-refractivity contribution is 0.102. The van der Waals surface area contributed by atoms with Crippen LogP contribution < -0.4 is 15.0 Å². The van der Waals surface area contributed by atoms with Crippen molar-refractivity contribution >= 4 is 17.3 Å². The number of carbonyl (C=O) groups is 1. The van der Waals surface area contributed by atoms with Crippen molar-refractivity contribution in [3.05, 3.63) is 54.1 Å². The van der Waals surface area contributed by atoms with E-state index in [0.717, 1.165) is 17.1 Å². The van der Waals surface area contributed by atoms with Crippen LogP contribution in [-0.4, -0.2) is 37.8 Å². The van der Waals surface area contributed by atoms with Crippen molar-refractivity contribution < 1.29 is 14.6 Å². The van der Waals surface area contributed by atoms with E-state index in [2.05, 4.69) is 5.32 Å². The Kier molecular flexibility index (Phi) is 6.00. The number of likely N-dealkylation sites (N-methyl/N-ethyl adjacent to an activating group) is 1. The standard InChI is InChI=1S/C18H22N2O3/c1-3-23-17-10-4-14(5-11-17)18(22)19-15-6-8-16(9-7-15)20(2)12-13-21/h4-11,21H,3,12-13H2,1-2H3,(H,19,22). The van der Waals surface area contributed by atoms with Crippen molar-refractivity contribution in [1.82, 2.24) is 0 Å². The molecule has 2 N–H and O–H groups in total. The first kappa shape index (κ1) is 16.8. The summed E-state index contributed by atoms with van der Waals surface area (Å²) in [6.45, 7) is 3.19. The second kappa shape index (κ2) is 8.19. The number of benzene rings is 2. The molecule has 0 heterocycles. The highest BCUT2D eigenvalue weighted by molar-refractivity contribution is 6.04. The van der Waals surface area contributed by atoms with E-state index in [1.54, 1.807) is 24.3 Å². The second-order valence-corrected chi connectivity index (χ2v) is 5.10. The van der Waals surface area contributed by atoms with Gasteiger partial charge in [0.2, 0.25) is 0 Å². The highest BCUT2D eigenvalue weighted by atomic mass is 16.5. The molecule has 0 bridgehead atoms. The van der Waals surface area contributed by atoms with Crippen molar-refractivity contribution in [2.24, 2.45) is 0 Å². The molecular formula is C18H22N2O3. The lowest BCUT2D eigenvalue weighted by atomic mass is 10.2. The molecule has 0 aromatic heterocycles. The van der Waals surface area contributed by atoms with Crippen molar-refractivity contribution in [2.45, 2.75) is 6.92 Å². The Morgan fingerprint density at radius 3 is 2.35 bits per heavy atom. The van der Waals surface area contributed by atoms with Crippen LogP contribution in [0.2, 0.25) is 0 Å². The van der Waals surface area contributed by atoms with Crippen LogP contribution in [0.1, 0.15) is 17.3 Å². The molecule has 23 heavy (non-hydrogen) atoms. The number of rotatable bonds is 7. The van der Waals surface area contributed by atoms with Crippen LogP contribution in [0.15, 0.2) is 48.5 Å². The molecule has 1 amide bonds. The predicted molar refractivity (Wildman–Crippen MR) is 92.4 cm³/mol. The summed E-state index contributed by atoms with van der Waals surface area (Å²) in [4.78, 5) is 14.2. The van der Waals surface area contributed by atoms with E-state index in [-0.39, 0.29) is 12.5 Å². The average molecular weight is 314 g/mol. The first-order valence-corrected chi connectivity index (χ1v) is 7.60. The molecule has 0 fully saturated rings. The van der Waals surface area contributed by atoms with Gasteiger partial charge in [-0.25, -0.2) is 0 Å². The maximum absolute atomic E-state index is 12.2. The van der Waals surface area contributed by atoms with Gasteiger partial charge in [-0.15, -0.1) is 0 Å². The van der Waals surface area contributed by atoms with Crippen molar-refractivity contribution in [3.63, 3.8) is 0 Å². The molecule has 0 aliphatic carbocycles. The number of anilines is 2. The quantitative estimate of drug-likeness (QED) is 0.825. The third-order valence-electron chi connectivity index (χ3n) is 3.43. The van der Waals surface area contributed by atoms with Gasteiger partial charge in [-0.3, -0.25) is 4.79 Å². The van der Waals surface area contributed by atoms with Crippen LogP contribution in [0.3, 0.4) is 0 Å². The Balaban J connectivity index is 1.99. The SMILES string of the molecule is CCOc1ccc(C(=O)Nc2ccc(N(C)CCO)cc2)cc1. The molecule has 0 aliphatic rings. The lowest BCUT2D eigenvalue weighted by Gasteiger charge is -2.18. The summed E-state index contributed by atoms with van der Waals surface area (Å²) >= 11 is 0. The normalized spacial score (nSPS) is 10.2. The molecule has 5 heteroatoms. The molecule has 2 aromatic carbocycles. The summed E-state index contributed by atoms with van der Waals surface area (Å²) in [6.07, 6.45) is 0. The number of aliphatic hydroxyl groups excluding tert-OH is 1. The maximum atomic E-state index is 12.2. The van der Waals surface area contributed by atoms with Gasteiger partial charge in [0.25, 0.3) is 5.91 Å². The van der Waals surface area contributed by atoms with Gasteiger partial charge < -0.3 is 20.1 Å². The van der Waals surface area contributed by atoms with Gasteiger partial charge in [0.15, 0.2) is 0 Å². The summed E-state index contributed by atoms with van der Waals surface area (Å²) in [5, 5.41) is 11.8. The maximum Gasteiger partial charge on any atom is 0.255 e. The number of nitrogens with one attached hydrogen (secondary N) is 1. The first-order valence-electron chi connectivity index (χ1n) is 7.60. The molecule has 0 atom stereocenters. The van der Waals surface area contributed by atoms with Crippen LogP contribution in [0, 0.1) is 0 Å². The molecule has 0 spiro atoms. The van der Waals surface area contributed by atoms with E-state index < -0.39 is 0 Å². The summed E-state index contributed by atoms with van der Waals surface area (Å²) in [7, 11) is 1.91. The lowest BCUT2D eigenvalue weighted by Crippen LogP contribution is -2.21. The van der Waals surface area contributed by atoms with Crippen LogP contribution in [0.25, 0.3) is 0 Å². The van der Waals surface area contributed by atoms with E-state index in [1.165, 1.54) is 0 Å². The van der Waals surface area contributed by atoms with E-state index in [9.17, 15) is 4.79 Å². The summed E-state index contributed by atoms with van der Waals surface area (Å²) < 4.78 is 5.36. The fourth-order valence-electron chi connectivity index (χ4n) is 2.15. The number of hydrogen-bond donors (Lipinski definition) is 2. The monoisotopic (exact) mass is 314 g/mol. The molecule has 0 radical (unpaired) electrons. The van der Waals surface area contributed by atoms with E-state index in [0.29, 0.717) is 18.7 Å². The van der Waals surface area contributed by atoms with Gasteiger partial charge in [-0.1, -0.05) is 0 Å². The minimum Gasteiger partial charge on any atom is -0.494 e. The van der Waals surface area contributed by atoms with Crippen LogP contribution in [0.4, 0.5) is 11.4 Å². The van der Waals surface area contributed by atoms with Gasteiger partial charge >= 0.3 is 0 Å². The summed E-state index contributed by atoms with van der Waals surface area (Å²) in [5.74, 6) is 0.588. The molecular weight excluding hydrogens is 292 g/mol. The fraction of sp³-hybridized carbons (Fsp3) is 0.278. The summed E-state index contributed by atoms with van der Waals surface area (Å²) in [6, 6.07) is 14.5. The molecule has 0 saturated heterocycles. The number of ether oxygens (including phenoxy) is 1. The number of carbonyl (C=O) groups excluding carboxylic acids is 1. The molecule has 2 rings (SSSR count). The average Bonchev–Trinajstić information content (AvgIpc) is 2.56. The minimum atomic E-state index is -0.162. The largest absolute Gasteiger partial charge is 0.494 e. The third-order valence-corrected chi connectivity index (χ3v) is 3.43. The number of aliphatic hydroxyl groups is 1. The van der Waals surface area contributed by atoms with Crippen LogP contribution in [-0.2, 0) is 0 Å². The zero-order valence-corrected chi connectivity index (χ0v) is 13.5. The minimum absolute atomic E-state index is 0.104. The van der Waals surface area contributed by atoms with E-state index >= 15 is 0 Å². The Morgan fingerprint density at radius 1 is 1.13 bits per heavy atom. The predicted octanol–water partition coefficient (Wildman–Crippen LogP) is 2.77. The smallest absolute Gasteiger partial charge is 0.255 e. The third kappa shape index (κ3) is 4.72. The topological polar surface area (TPSA) is 61.8 Å². The van der Waals surface area contributed by atoms with Gasteiger partial charge in [0.05, 0.1) is 13.2 Å². The molecule has 122 valence electrons. The van der Waals surface area contributed by atoms with Gasteiger partial charge in [0.1, 0.15) is 5.75 Å². The number of nitrogens with zero attached hydrogens (tertiary/aromatic N) is 1. The molecule has 0 aliphatic heterocycles. The Bertz CT molecular complexity index is 624. The zero-order chi connectivity index (χ0) is 16.7. The second-order valence-electron chi connectivity index (χ2n) is 5.10. The van der Waals surface area contributed by atoms with Crippen molar-refractivity contribution in [1.29, 1.82) is 0 Å². The van der Waals surface area contributed by atoms with Gasteiger partial charge in [-0.05, 0) is 55.5 Å². The van der Waals surface area contributed by atoms with Gasteiger partial charge in [-0.2, -0.15) is 0 Å². The molecule has 2 aromatic rings. The molecule has 5 nitrogen and oxygen atoms in total. The molecule has 0 saturated carbocycles. The number of hydrogen-bond acceptors (Lipinski definition) is 4. The highest BCUT2D eigenvalue weighted by Gasteiger charge is 2.07. The van der Waals surface area contributed by atoms with Crippen LogP contribution in [0.5, 0.6) is 5.75 Å². The first-order chi connectivity index (χ1) is 11.1. The Hall–Kier alpha value is -2.53. The van der Waals surface area contributed by atoms with Gasteiger partial charge in [0, 0.05) is 30.5 Å². The zero-order valence-electron chi connectivity index (χ0n) is 13.5. The van der Waals surface area contributed by atoms with Crippen molar-refractivity contribution in [3.8, 4) is 5.75 Å². The Labute approximate surface area is 136 Å². The van der Waals surface area contributed by atoms with E-state index in [4.69, 9.17) is 9.84 Å².